The van der Waals surface area contributed by atoms with E-state index in [-0.39, 0.29) is 17.4 Å². The fourth-order valence-corrected chi connectivity index (χ4v) is 0.922. The average Bonchev–Trinajstić information content (AvgIpc) is 2.17. The third-order valence-electron chi connectivity index (χ3n) is 1.71. The molecule has 2 N–H and O–H groups in total. The number of ketones is 1. The van der Waals surface area contributed by atoms with Crippen molar-refractivity contribution >= 4 is 11.5 Å². The number of aliphatic hydroxyl groups is 1. The predicted molar refractivity (Wildman–Crippen MR) is 49.8 cm³/mol. The van der Waals surface area contributed by atoms with Crippen LogP contribution in [0.15, 0.2) is 30.3 Å². The number of rotatable bonds is 2. The van der Waals surface area contributed by atoms with Gasteiger partial charge in [0, 0.05) is 11.6 Å². The van der Waals surface area contributed by atoms with Crippen LogP contribution in [-0.4, -0.2) is 22.2 Å². The molecule has 1 rings (SSSR count). The maximum atomic E-state index is 11.8. The summed E-state index contributed by atoms with van der Waals surface area (Å²) in [5.74, 6) is -3.04. The minimum Gasteiger partial charge on any atom is -0.508 e. The molecule has 0 saturated heterocycles. The number of aliphatic hydroxyl groups excluding tert-OH is 1. The molecule has 0 aliphatic heterocycles. The Bertz CT molecular complexity index is 418. The van der Waals surface area contributed by atoms with Gasteiger partial charge < -0.3 is 10.2 Å². The van der Waals surface area contributed by atoms with Crippen LogP contribution in [0.4, 0.5) is 13.2 Å². The number of halogens is 3. The molecule has 0 amide bonds. The molecule has 0 aromatic heterocycles. The fourth-order valence-electron chi connectivity index (χ4n) is 0.922. The Morgan fingerprint density at radius 1 is 1.19 bits per heavy atom. The molecule has 0 unspecified atom stereocenters. The molecular formula is C10H7F3O3. The van der Waals surface area contributed by atoms with E-state index in [1.807, 2.05) is 0 Å². The summed E-state index contributed by atoms with van der Waals surface area (Å²) in [7, 11) is 0. The monoisotopic (exact) mass is 232 g/mol. The van der Waals surface area contributed by atoms with Crippen molar-refractivity contribution in [2.45, 2.75) is 6.18 Å². The Kier molecular flexibility index (Phi) is 3.22. The first-order valence-corrected chi connectivity index (χ1v) is 4.12. The van der Waals surface area contributed by atoms with Crippen molar-refractivity contribution in [3.05, 3.63) is 35.9 Å². The molecule has 0 saturated carbocycles. The zero-order chi connectivity index (χ0) is 12.3. The summed E-state index contributed by atoms with van der Waals surface area (Å²) >= 11 is 0. The van der Waals surface area contributed by atoms with Crippen LogP contribution in [0.3, 0.4) is 0 Å². The highest BCUT2D eigenvalue weighted by atomic mass is 19.4. The summed E-state index contributed by atoms with van der Waals surface area (Å²) in [5.41, 5.74) is 0.00963. The molecule has 0 spiro atoms. The van der Waals surface area contributed by atoms with Gasteiger partial charge in [-0.3, -0.25) is 4.79 Å². The summed E-state index contributed by atoms with van der Waals surface area (Å²) in [6, 6.07) is 4.73. The smallest absolute Gasteiger partial charge is 0.454 e. The first kappa shape index (κ1) is 12.1. The van der Waals surface area contributed by atoms with Crippen LogP contribution < -0.4 is 0 Å². The number of allylic oxidation sites excluding steroid dienone is 1. The molecule has 0 atom stereocenters. The number of alkyl halides is 3. The van der Waals surface area contributed by atoms with Gasteiger partial charge in [-0.1, -0.05) is 0 Å². The Balaban J connectivity index is 2.94. The zero-order valence-corrected chi connectivity index (χ0v) is 7.82. The van der Waals surface area contributed by atoms with E-state index in [0.717, 1.165) is 0 Å². The molecule has 0 fully saturated rings. The van der Waals surface area contributed by atoms with Gasteiger partial charge in [-0.15, -0.1) is 0 Å². The van der Waals surface area contributed by atoms with E-state index < -0.39 is 17.7 Å². The van der Waals surface area contributed by atoms with Gasteiger partial charge in [-0.25, -0.2) is 0 Å². The molecule has 0 radical (unpaired) electrons. The number of phenols is 1. The number of hydrogen-bond donors (Lipinski definition) is 2. The normalized spacial score (nSPS) is 12.6. The molecule has 16 heavy (non-hydrogen) atoms. The third-order valence-corrected chi connectivity index (χ3v) is 1.71. The number of aromatic hydroxyl groups is 1. The van der Waals surface area contributed by atoms with Gasteiger partial charge >= 0.3 is 6.18 Å². The van der Waals surface area contributed by atoms with E-state index in [9.17, 15) is 23.1 Å². The Morgan fingerprint density at radius 3 is 2.12 bits per heavy atom. The molecule has 3 nitrogen and oxygen atoms in total. The lowest BCUT2D eigenvalue weighted by molar-refractivity contribution is -0.165. The Morgan fingerprint density at radius 2 is 1.69 bits per heavy atom. The molecule has 0 aliphatic carbocycles. The second-order valence-corrected chi connectivity index (χ2v) is 2.94. The average molecular weight is 232 g/mol. The molecule has 1 aromatic carbocycles. The Hall–Kier alpha value is -1.98. The summed E-state index contributed by atoms with van der Waals surface area (Å²) < 4.78 is 35.5. The lowest BCUT2D eigenvalue weighted by atomic mass is 10.1. The lowest BCUT2D eigenvalue weighted by Gasteiger charge is -2.03. The van der Waals surface area contributed by atoms with Crippen LogP contribution in [0.2, 0.25) is 0 Å². The first-order chi connectivity index (χ1) is 7.30. The summed E-state index contributed by atoms with van der Waals surface area (Å²) in [4.78, 5) is 10.5. The van der Waals surface area contributed by atoms with Crippen LogP contribution in [0.1, 0.15) is 5.56 Å². The molecule has 0 aliphatic rings. The van der Waals surface area contributed by atoms with Crippen LogP contribution in [-0.2, 0) is 4.79 Å². The maximum Gasteiger partial charge on any atom is 0.454 e. The van der Waals surface area contributed by atoms with Crippen LogP contribution in [0.25, 0.3) is 5.76 Å². The standard InChI is InChI=1S/C10H7F3O3/c11-10(12,13)9(16)5-8(15)6-1-3-7(14)4-2-6/h1-5,14-15H. The molecule has 0 bridgehead atoms. The third kappa shape index (κ3) is 3.01. The molecular weight excluding hydrogens is 225 g/mol. The number of carbonyl (C=O) groups is 1. The van der Waals surface area contributed by atoms with Gasteiger partial charge in [0.25, 0.3) is 5.78 Å². The van der Waals surface area contributed by atoms with Crippen molar-refractivity contribution in [3.63, 3.8) is 0 Å². The minimum absolute atomic E-state index is 0.00963. The summed E-state index contributed by atoms with van der Waals surface area (Å²) in [5, 5.41) is 18.1. The largest absolute Gasteiger partial charge is 0.508 e. The van der Waals surface area contributed by atoms with Crippen molar-refractivity contribution in [1.29, 1.82) is 0 Å². The van der Waals surface area contributed by atoms with E-state index in [2.05, 4.69) is 0 Å². The topological polar surface area (TPSA) is 57.5 Å². The van der Waals surface area contributed by atoms with Gasteiger partial charge in [0.15, 0.2) is 0 Å². The summed E-state index contributed by atoms with van der Waals surface area (Å²) in [6.07, 6.45) is -4.92. The predicted octanol–water partition coefficient (Wildman–Crippen LogP) is 2.42. The van der Waals surface area contributed by atoms with E-state index >= 15 is 0 Å². The van der Waals surface area contributed by atoms with Gasteiger partial charge in [-0.2, -0.15) is 13.2 Å². The molecule has 6 heteroatoms. The molecule has 86 valence electrons. The quantitative estimate of drug-likeness (QED) is 0.608. The van der Waals surface area contributed by atoms with Gasteiger partial charge in [0.05, 0.1) is 0 Å². The van der Waals surface area contributed by atoms with Crippen molar-refractivity contribution in [3.8, 4) is 5.75 Å². The van der Waals surface area contributed by atoms with Crippen molar-refractivity contribution in [2.75, 3.05) is 0 Å². The summed E-state index contributed by atoms with van der Waals surface area (Å²) in [6.45, 7) is 0. The second kappa shape index (κ2) is 4.26. The minimum atomic E-state index is -5.01. The second-order valence-electron chi connectivity index (χ2n) is 2.94. The van der Waals surface area contributed by atoms with Crippen molar-refractivity contribution in [2.24, 2.45) is 0 Å². The Labute approximate surface area is 88.4 Å². The van der Waals surface area contributed by atoms with Crippen LogP contribution in [0, 0.1) is 0 Å². The highest BCUT2D eigenvalue weighted by molar-refractivity contribution is 5.99. The zero-order valence-electron chi connectivity index (χ0n) is 7.82. The van der Waals surface area contributed by atoms with Crippen molar-refractivity contribution in [1.82, 2.24) is 0 Å². The SMILES string of the molecule is O=C(C=C(O)c1ccc(O)cc1)C(F)(F)F. The fraction of sp³-hybridized carbons (Fsp3) is 0.100. The van der Waals surface area contributed by atoms with E-state index in [0.29, 0.717) is 0 Å². The first-order valence-electron chi connectivity index (χ1n) is 4.12. The number of benzene rings is 1. The lowest BCUT2D eigenvalue weighted by Crippen LogP contribution is -2.20. The van der Waals surface area contributed by atoms with Crippen LogP contribution in [0.5, 0.6) is 5.75 Å². The van der Waals surface area contributed by atoms with Gasteiger partial charge in [0.2, 0.25) is 0 Å². The van der Waals surface area contributed by atoms with Gasteiger partial charge in [-0.05, 0) is 24.3 Å². The highest BCUT2D eigenvalue weighted by Gasteiger charge is 2.36. The van der Waals surface area contributed by atoms with Crippen LogP contribution >= 0.6 is 0 Å². The van der Waals surface area contributed by atoms with Gasteiger partial charge in [0.1, 0.15) is 11.5 Å². The number of carbonyl (C=O) groups excluding carboxylic acids is 1. The van der Waals surface area contributed by atoms with Crippen molar-refractivity contribution < 1.29 is 28.2 Å². The van der Waals surface area contributed by atoms with E-state index in [1.54, 1.807) is 0 Å². The highest BCUT2D eigenvalue weighted by Crippen LogP contribution is 2.20. The molecule has 0 heterocycles. The van der Waals surface area contributed by atoms with E-state index in [4.69, 9.17) is 5.11 Å². The van der Waals surface area contributed by atoms with E-state index in [1.165, 1.54) is 24.3 Å². The maximum absolute atomic E-state index is 11.8. The number of phenolic OH excluding ortho intramolecular Hbond substituents is 1. The number of hydrogen-bond acceptors (Lipinski definition) is 3. The molecule has 1 aromatic rings.